The second-order valence-electron chi connectivity index (χ2n) is 5.76. The highest BCUT2D eigenvalue weighted by Crippen LogP contribution is 2.25. The molecule has 0 saturated carbocycles. The van der Waals surface area contributed by atoms with Crippen LogP contribution in [0.25, 0.3) is 0 Å². The number of benzene rings is 2. The highest BCUT2D eigenvalue weighted by atomic mass is 19.1. The quantitative estimate of drug-likeness (QED) is 0.369. The van der Waals surface area contributed by atoms with Crippen molar-refractivity contribution < 1.29 is 18.7 Å². The maximum Gasteiger partial charge on any atom is 0.337 e. The van der Waals surface area contributed by atoms with Gasteiger partial charge in [0.1, 0.15) is 17.8 Å². The Balaban J connectivity index is 1.68. The summed E-state index contributed by atoms with van der Waals surface area (Å²) in [7, 11) is 1.31. The summed E-state index contributed by atoms with van der Waals surface area (Å²) >= 11 is 0. The molecule has 0 atom stereocenters. The fourth-order valence-electron chi connectivity index (χ4n) is 2.33. The van der Waals surface area contributed by atoms with E-state index in [-0.39, 0.29) is 17.1 Å². The Morgan fingerprint density at radius 1 is 0.966 bits per heavy atom. The fourth-order valence-corrected chi connectivity index (χ4v) is 2.33. The van der Waals surface area contributed by atoms with Gasteiger partial charge < -0.3 is 15.8 Å². The Bertz CT molecular complexity index is 1030. The van der Waals surface area contributed by atoms with E-state index in [2.05, 4.69) is 30.9 Å². The summed E-state index contributed by atoms with van der Waals surface area (Å²) in [6.07, 6.45) is 1.26. The van der Waals surface area contributed by atoms with Crippen LogP contribution in [0.4, 0.5) is 27.4 Å². The Kier molecular flexibility index (Phi) is 5.83. The first kappa shape index (κ1) is 19.5. The maximum atomic E-state index is 12.9. The van der Waals surface area contributed by atoms with E-state index in [1.807, 2.05) is 0 Å². The van der Waals surface area contributed by atoms with Gasteiger partial charge in [-0.3, -0.25) is 15.6 Å². The zero-order chi connectivity index (χ0) is 20.8. The molecule has 0 unspecified atom stereocenters. The molecule has 0 bridgehead atoms. The van der Waals surface area contributed by atoms with Gasteiger partial charge in [0.2, 0.25) is 0 Å². The van der Waals surface area contributed by atoms with Crippen molar-refractivity contribution in [3.63, 3.8) is 0 Å². The van der Waals surface area contributed by atoms with Crippen LogP contribution in [0.2, 0.25) is 0 Å². The molecule has 148 valence electrons. The first-order valence-electron chi connectivity index (χ1n) is 8.35. The molecule has 0 fully saturated rings. The minimum atomic E-state index is -0.490. The molecule has 1 heterocycles. The number of ether oxygens (including phenoxy) is 1. The number of carbonyl (C=O) groups is 2. The van der Waals surface area contributed by atoms with Crippen LogP contribution in [-0.4, -0.2) is 29.0 Å². The molecule has 29 heavy (non-hydrogen) atoms. The number of nitrogen functional groups attached to an aromatic ring is 1. The lowest BCUT2D eigenvalue weighted by molar-refractivity contribution is 0.0600. The molecular weight excluding hydrogens is 379 g/mol. The molecule has 0 saturated heterocycles. The number of esters is 1. The summed E-state index contributed by atoms with van der Waals surface area (Å²) in [6, 6.07) is 11.6. The summed E-state index contributed by atoms with van der Waals surface area (Å²) in [6.45, 7) is 0. The largest absolute Gasteiger partial charge is 0.465 e. The summed E-state index contributed by atoms with van der Waals surface area (Å²) in [5.41, 5.74) is 12.5. The predicted molar refractivity (Wildman–Crippen MR) is 105 cm³/mol. The first-order chi connectivity index (χ1) is 14.0. The van der Waals surface area contributed by atoms with Gasteiger partial charge in [-0.05, 0) is 48.5 Å². The van der Waals surface area contributed by atoms with E-state index in [0.29, 0.717) is 17.1 Å². The minimum Gasteiger partial charge on any atom is -0.465 e. The molecule has 0 spiro atoms. The van der Waals surface area contributed by atoms with Gasteiger partial charge in [-0.2, -0.15) is 0 Å². The average Bonchev–Trinajstić information content (AvgIpc) is 2.74. The molecule has 0 aliphatic rings. The van der Waals surface area contributed by atoms with Crippen LogP contribution in [-0.2, 0) is 4.74 Å². The van der Waals surface area contributed by atoms with E-state index in [1.54, 1.807) is 24.3 Å². The second kappa shape index (κ2) is 8.65. The van der Waals surface area contributed by atoms with E-state index < -0.39 is 17.7 Å². The van der Waals surface area contributed by atoms with Crippen LogP contribution in [0.15, 0.2) is 54.9 Å². The van der Waals surface area contributed by atoms with Gasteiger partial charge in [0, 0.05) is 11.3 Å². The standard InChI is InChI=1S/C19H17FN6O3/c1-29-19(28)12-4-8-14(9-5-12)24-16-15(21)17(23-10-22-16)25-26-18(27)11-2-6-13(20)7-3-11/h2-10H,21H2,1H3,(H,26,27)(H2,22,23,24,25). The van der Waals surface area contributed by atoms with Crippen molar-refractivity contribution in [3.05, 3.63) is 71.8 Å². The lowest BCUT2D eigenvalue weighted by Gasteiger charge is -2.13. The molecular formula is C19H17FN6O3. The smallest absolute Gasteiger partial charge is 0.337 e. The van der Waals surface area contributed by atoms with Crippen LogP contribution in [0.3, 0.4) is 0 Å². The van der Waals surface area contributed by atoms with Crippen molar-refractivity contribution in [2.45, 2.75) is 0 Å². The highest BCUT2D eigenvalue weighted by Gasteiger charge is 2.11. The van der Waals surface area contributed by atoms with Gasteiger partial charge in [-0.1, -0.05) is 0 Å². The highest BCUT2D eigenvalue weighted by molar-refractivity contribution is 5.95. The topological polar surface area (TPSA) is 131 Å². The number of aromatic nitrogens is 2. The number of nitrogens with two attached hydrogens (primary N) is 1. The molecule has 0 aliphatic carbocycles. The number of hydrazine groups is 1. The van der Waals surface area contributed by atoms with Gasteiger partial charge in [-0.15, -0.1) is 0 Å². The number of nitrogens with zero attached hydrogens (tertiary/aromatic N) is 2. The zero-order valence-electron chi connectivity index (χ0n) is 15.3. The molecule has 5 N–H and O–H groups in total. The molecule has 10 heteroatoms. The number of halogens is 1. The van der Waals surface area contributed by atoms with Gasteiger partial charge in [-0.25, -0.2) is 19.2 Å². The third-order valence-corrected chi connectivity index (χ3v) is 3.85. The van der Waals surface area contributed by atoms with Crippen LogP contribution in [0, 0.1) is 5.82 Å². The van der Waals surface area contributed by atoms with Crippen molar-refractivity contribution in [1.82, 2.24) is 15.4 Å². The predicted octanol–water partition coefficient (Wildman–Crippen LogP) is 2.49. The van der Waals surface area contributed by atoms with Crippen molar-refractivity contribution in [2.24, 2.45) is 0 Å². The van der Waals surface area contributed by atoms with E-state index >= 15 is 0 Å². The van der Waals surface area contributed by atoms with Gasteiger partial charge >= 0.3 is 5.97 Å². The van der Waals surface area contributed by atoms with Crippen LogP contribution >= 0.6 is 0 Å². The lowest BCUT2D eigenvalue weighted by Crippen LogP contribution is -2.30. The van der Waals surface area contributed by atoms with E-state index in [0.717, 1.165) is 0 Å². The van der Waals surface area contributed by atoms with E-state index in [1.165, 1.54) is 37.7 Å². The summed E-state index contributed by atoms with van der Waals surface area (Å²) in [4.78, 5) is 31.6. The number of carbonyl (C=O) groups excluding carboxylic acids is 2. The number of amides is 1. The number of hydrogen-bond donors (Lipinski definition) is 4. The summed E-state index contributed by atoms with van der Waals surface area (Å²) < 4.78 is 17.6. The van der Waals surface area contributed by atoms with Gasteiger partial charge in [0.25, 0.3) is 5.91 Å². The molecule has 0 radical (unpaired) electrons. The monoisotopic (exact) mass is 396 g/mol. The number of rotatable bonds is 6. The number of nitrogens with one attached hydrogen (secondary N) is 3. The second-order valence-corrected chi connectivity index (χ2v) is 5.76. The van der Waals surface area contributed by atoms with Crippen molar-refractivity contribution in [2.75, 3.05) is 23.6 Å². The molecule has 0 aliphatic heterocycles. The fraction of sp³-hybridized carbons (Fsp3) is 0.0526. The third-order valence-electron chi connectivity index (χ3n) is 3.85. The Morgan fingerprint density at radius 2 is 1.59 bits per heavy atom. The summed E-state index contributed by atoms with van der Waals surface area (Å²) in [5, 5.41) is 3.00. The Hall–Kier alpha value is -4.21. The minimum absolute atomic E-state index is 0.156. The number of hydrogen-bond acceptors (Lipinski definition) is 8. The van der Waals surface area contributed by atoms with Crippen LogP contribution in [0.5, 0.6) is 0 Å². The number of anilines is 4. The van der Waals surface area contributed by atoms with Crippen LogP contribution in [0.1, 0.15) is 20.7 Å². The normalized spacial score (nSPS) is 10.1. The molecule has 9 nitrogen and oxygen atoms in total. The average molecular weight is 396 g/mol. The molecule has 3 aromatic rings. The number of methoxy groups -OCH3 is 1. The van der Waals surface area contributed by atoms with Gasteiger partial charge in [0.15, 0.2) is 11.6 Å². The molecule has 3 rings (SSSR count). The maximum absolute atomic E-state index is 12.9. The first-order valence-corrected chi connectivity index (χ1v) is 8.35. The zero-order valence-corrected chi connectivity index (χ0v) is 15.3. The van der Waals surface area contributed by atoms with Crippen LogP contribution < -0.4 is 21.9 Å². The van der Waals surface area contributed by atoms with Crippen molar-refractivity contribution >= 4 is 34.9 Å². The lowest BCUT2D eigenvalue weighted by atomic mass is 10.2. The molecule has 2 aromatic carbocycles. The SMILES string of the molecule is COC(=O)c1ccc(Nc2ncnc(NNC(=O)c3ccc(F)cc3)c2N)cc1. The van der Waals surface area contributed by atoms with Crippen molar-refractivity contribution in [3.8, 4) is 0 Å². The summed E-state index contributed by atoms with van der Waals surface area (Å²) in [5.74, 6) is -0.907. The molecule has 1 aromatic heterocycles. The van der Waals surface area contributed by atoms with E-state index in [9.17, 15) is 14.0 Å². The van der Waals surface area contributed by atoms with Crippen molar-refractivity contribution in [1.29, 1.82) is 0 Å². The Labute approximate surface area is 165 Å². The van der Waals surface area contributed by atoms with Gasteiger partial charge in [0.05, 0.1) is 12.7 Å². The Morgan fingerprint density at radius 3 is 2.24 bits per heavy atom. The molecule has 1 amide bonds. The van der Waals surface area contributed by atoms with E-state index in [4.69, 9.17) is 5.73 Å². The third kappa shape index (κ3) is 4.75.